The standard InChI is InChI=1S/C19H28N2O2.ClH/c1-2-23-18-6-4-3-5-15(18)7-8-19(22)21-11-9-16-13-20-14-17(16)10-12-21;/h3-6,16-17,20H,2,7-14H2,1H3;1H/t16-,17+;. The van der Waals surface area contributed by atoms with Crippen molar-refractivity contribution in [2.24, 2.45) is 11.8 Å². The van der Waals surface area contributed by atoms with E-state index in [4.69, 9.17) is 4.74 Å². The number of nitrogens with one attached hydrogen (secondary N) is 1. The third-order valence-electron chi connectivity index (χ3n) is 5.25. The lowest BCUT2D eigenvalue weighted by molar-refractivity contribution is -0.131. The number of nitrogens with zero attached hydrogens (tertiary/aromatic N) is 1. The maximum atomic E-state index is 12.6. The molecule has 0 bridgehead atoms. The summed E-state index contributed by atoms with van der Waals surface area (Å²) in [6, 6.07) is 8.06. The van der Waals surface area contributed by atoms with Crippen molar-refractivity contribution >= 4 is 18.3 Å². The first kappa shape index (κ1) is 19.1. The molecular formula is C19H29ClN2O2. The second kappa shape index (κ2) is 9.28. The Morgan fingerprint density at radius 1 is 1.21 bits per heavy atom. The second-order valence-electron chi connectivity index (χ2n) is 6.68. The van der Waals surface area contributed by atoms with Gasteiger partial charge >= 0.3 is 0 Å². The van der Waals surface area contributed by atoms with E-state index in [-0.39, 0.29) is 12.4 Å². The van der Waals surface area contributed by atoms with Crippen molar-refractivity contribution in [2.75, 3.05) is 32.8 Å². The second-order valence-corrected chi connectivity index (χ2v) is 6.68. The Bertz CT molecular complexity index is 524. The Hall–Kier alpha value is -1.26. The summed E-state index contributed by atoms with van der Waals surface area (Å²) >= 11 is 0. The molecule has 24 heavy (non-hydrogen) atoms. The number of carbonyl (C=O) groups is 1. The number of likely N-dealkylation sites (tertiary alicyclic amines) is 1. The highest BCUT2D eigenvalue weighted by molar-refractivity contribution is 5.85. The normalized spacial score (nSPS) is 23.1. The van der Waals surface area contributed by atoms with Gasteiger partial charge in [-0.3, -0.25) is 4.79 Å². The van der Waals surface area contributed by atoms with E-state index in [1.54, 1.807) is 0 Å². The van der Waals surface area contributed by atoms with Crippen LogP contribution in [0.5, 0.6) is 5.75 Å². The van der Waals surface area contributed by atoms with Gasteiger partial charge in [-0.15, -0.1) is 12.4 Å². The predicted octanol–water partition coefficient (Wildman–Crippen LogP) is 2.90. The number of hydrogen-bond acceptors (Lipinski definition) is 3. The highest BCUT2D eigenvalue weighted by Gasteiger charge is 2.31. The predicted molar refractivity (Wildman–Crippen MR) is 98.8 cm³/mol. The summed E-state index contributed by atoms with van der Waals surface area (Å²) in [5.74, 6) is 2.75. The monoisotopic (exact) mass is 352 g/mol. The number of benzene rings is 1. The Labute approximate surface area is 151 Å². The van der Waals surface area contributed by atoms with Crippen molar-refractivity contribution in [1.29, 1.82) is 0 Å². The SMILES string of the molecule is CCOc1ccccc1CCC(=O)N1CC[C@@H]2CNC[C@@H]2CC1.Cl. The molecule has 2 fully saturated rings. The molecule has 0 unspecified atom stereocenters. The van der Waals surface area contributed by atoms with Crippen molar-refractivity contribution in [3.8, 4) is 5.75 Å². The van der Waals surface area contributed by atoms with Crippen LogP contribution in [0.15, 0.2) is 24.3 Å². The van der Waals surface area contributed by atoms with Gasteiger partial charge in [-0.1, -0.05) is 18.2 Å². The Balaban J connectivity index is 0.00000208. The summed E-state index contributed by atoms with van der Waals surface area (Å²) in [7, 11) is 0. The zero-order valence-electron chi connectivity index (χ0n) is 14.5. The number of aryl methyl sites for hydroxylation is 1. The molecule has 0 saturated carbocycles. The van der Waals surface area contributed by atoms with E-state index in [1.807, 2.05) is 25.1 Å². The molecule has 1 N–H and O–H groups in total. The first-order chi connectivity index (χ1) is 11.3. The van der Waals surface area contributed by atoms with Crippen LogP contribution >= 0.6 is 12.4 Å². The molecule has 1 aromatic carbocycles. The van der Waals surface area contributed by atoms with Gasteiger partial charge in [0.05, 0.1) is 6.61 Å². The van der Waals surface area contributed by atoms with E-state index < -0.39 is 0 Å². The molecule has 2 heterocycles. The molecule has 3 rings (SSSR count). The van der Waals surface area contributed by atoms with Gasteiger partial charge in [0.1, 0.15) is 5.75 Å². The molecule has 5 heteroatoms. The van der Waals surface area contributed by atoms with Crippen molar-refractivity contribution < 1.29 is 9.53 Å². The third kappa shape index (κ3) is 4.64. The van der Waals surface area contributed by atoms with Gasteiger partial charge in [-0.2, -0.15) is 0 Å². The van der Waals surface area contributed by atoms with Crippen LogP contribution in [0, 0.1) is 11.8 Å². The number of halogens is 1. The van der Waals surface area contributed by atoms with Crippen LogP contribution < -0.4 is 10.1 Å². The van der Waals surface area contributed by atoms with Crippen molar-refractivity contribution in [2.45, 2.75) is 32.6 Å². The molecule has 0 aliphatic carbocycles. The van der Waals surface area contributed by atoms with Gasteiger partial charge in [0.15, 0.2) is 0 Å². The van der Waals surface area contributed by atoms with Gasteiger partial charge in [0.25, 0.3) is 0 Å². The van der Waals surface area contributed by atoms with E-state index in [2.05, 4.69) is 16.3 Å². The molecule has 2 saturated heterocycles. The highest BCUT2D eigenvalue weighted by atomic mass is 35.5. The summed E-state index contributed by atoms with van der Waals surface area (Å²) in [6.45, 7) is 6.77. The zero-order chi connectivity index (χ0) is 16.1. The zero-order valence-corrected chi connectivity index (χ0v) is 15.3. The summed E-state index contributed by atoms with van der Waals surface area (Å²) in [6.07, 6.45) is 3.65. The van der Waals surface area contributed by atoms with Gasteiger partial charge in [-0.05, 0) is 62.7 Å². The quantitative estimate of drug-likeness (QED) is 0.886. The fourth-order valence-electron chi connectivity index (χ4n) is 3.87. The largest absolute Gasteiger partial charge is 0.494 e. The fraction of sp³-hybridized carbons (Fsp3) is 0.632. The molecule has 134 valence electrons. The summed E-state index contributed by atoms with van der Waals surface area (Å²) in [5.41, 5.74) is 1.14. The van der Waals surface area contributed by atoms with E-state index in [0.29, 0.717) is 18.9 Å². The first-order valence-corrected chi connectivity index (χ1v) is 8.97. The maximum Gasteiger partial charge on any atom is 0.222 e. The number of para-hydroxylation sites is 1. The third-order valence-corrected chi connectivity index (χ3v) is 5.25. The molecule has 2 aliphatic rings. The average Bonchev–Trinajstić information content (AvgIpc) is 2.92. The van der Waals surface area contributed by atoms with E-state index in [1.165, 1.54) is 0 Å². The fourth-order valence-corrected chi connectivity index (χ4v) is 3.87. The number of amides is 1. The molecule has 0 spiro atoms. The number of ether oxygens (including phenoxy) is 1. The highest BCUT2D eigenvalue weighted by Crippen LogP contribution is 2.27. The van der Waals surface area contributed by atoms with Gasteiger partial charge in [0, 0.05) is 19.5 Å². The topological polar surface area (TPSA) is 41.6 Å². The van der Waals surface area contributed by atoms with Crippen LogP contribution in [0.4, 0.5) is 0 Å². The van der Waals surface area contributed by atoms with E-state index >= 15 is 0 Å². The first-order valence-electron chi connectivity index (χ1n) is 8.97. The Morgan fingerprint density at radius 3 is 2.54 bits per heavy atom. The van der Waals surface area contributed by atoms with E-state index in [0.717, 1.165) is 68.6 Å². The number of carbonyl (C=O) groups excluding carboxylic acids is 1. The number of hydrogen-bond donors (Lipinski definition) is 1. The molecule has 0 radical (unpaired) electrons. The Morgan fingerprint density at radius 2 is 1.88 bits per heavy atom. The summed E-state index contributed by atoms with van der Waals surface area (Å²) in [4.78, 5) is 14.7. The average molecular weight is 353 g/mol. The lowest BCUT2D eigenvalue weighted by Gasteiger charge is -2.21. The minimum atomic E-state index is 0. The summed E-state index contributed by atoms with van der Waals surface area (Å²) < 4.78 is 5.65. The lowest BCUT2D eigenvalue weighted by Crippen LogP contribution is -2.32. The van der Waals surface area contributed by atoms with Crippen LogP contribution in [0.25, 0.3) is 0 Å². The lowest BCUT2D eigenvalue weighted by atomic mass is 9.92. The van der Waals surface area contributed by atoms with Crippen LogP contribution in [-0.2, 0) is 11.2 Å². The molecule has 2 aliphatic heterocycles. The molecular weight excluding hydrogens is 324 g/mol. The number of rotatable bonds is 5. The van der Waals surface area contributed by atoms with Gasteiger partial charge in [-0.25, -0.2) is 0 Å². The maximum absolute atomic E-state index is 12.6. The summed E-state index contributed by atoms with van der Waals surface area (Å²) in [5, 5.41) is 3.48. The van der Waals surface area contributed by atoms with Crippen LogP contribution in [0.2, 0.25) is 0 Å². The van der Waals surface area contributed by atoms with E-state index in [9.17, 15) is 4.79 Å². The molecule has 2 atom stereocenters. The van der Waals surface area contributed by atoms with Gasteiger partial charge in [0.2, 0.25) is 5.91 Å². The van der Waals surface area contributed by atoms with Crippen molar-refractivity contribution in [1.82, 2.24) is 10.2 Å². The van der Waals surface area contributed by atoms with Crippen molar-refractivity contribution in [3.05, 3.63) is 29.8 Å². The number of fused-ring (bicyclic) bond motifs is 1. The Kier molecular flexibility index (Phi) is 7.38. The minimum absolute atomic E-state index is 0. The van der Waals surface area contributed by atoms with Gasteiger partial charge < -0.3 is 15.0 Å². The van der Waals surface area contributed by atoms with Crippen molar-refractivity contribution in [3.63, 3.8) is 0 Å². The van der Waals surface area contributed by atoms with Crippen LogP contribution in [0.3, 0.4) is 0 Å². The smallest absolute Gasteiger partial charge is 0.222 e. The van der Waals surface area contributed by atoms with Crippen LogP contribution in [-0.4, -0.2) is 43.6 Å². The molecule has 4 nitrogen and oxygen atoms in total. The molecule has 0 aromatic heterocycles. The molecule has 1 amide bonds. The minimum Gasteiger partial charge on any atom is -0.494 e. The van der Waals surface area contributed by atoms with Crippen LogP contribution in [0.1, 0.15) is 31.7 Å². The molecule has 1 aromatic rings.